The Labute approximate surface area is 198 Å². The van der Waals surface area contributed by atoms with Crippen molar-refractivity contribution in [1.82, 2.24) is 10.2 Å². The summed E-state index contributed by atoms with van der Waals surface area (Å²) in [7, 11) is 0. The van der Waals surface area contributed by atoms with Crippen LogP contribution >= 0.6 is 22.7 Å². The van der Waals surface area contributed by atoms with Crippen LogP contribution in [-0.4, -0.2) is 36.0 Å². The van der Waals surface area contributed by atoms with Crippen molar-refractivity contribution in [2.45, 2.75) is 26.1 Å². The van der Waals surface area contributed by atoms with E-state index in [1.807, 2.05) is 17.5 Å². The molecule has 0 unspecified atom stereocenters. The molecule has 0 spiro atoms. The Balaban J connectivity index is 1.30. The number of fused-ring (bicyclic) bond motifs is 3. The van der Waals surface area contributed by atoms with Crippen molar-refractivity contribution in [3.05, 3.63) is 68.2 Å². The van der Waals surface area contributed by atoms with Crippen molar-refractivity contribution >= 4 is 45.6 Å². The summed E-state index contributed by atoms with van der Waals surface area (Å²) >= 11 is 2.83. The second-order valence-corrected chi connectivity index (χ2v) is 9.62. The number of carbonyl (C=O) groups is 3. The third kappa shape index (κ3) is 4.19. The van der Waals surface area contributed by atoms with Crippen LogP contribution in [0.25, 0.3) is 0 Å². The second kappa shape index (κ2) is 8.87. The van der Waals surface area contributed by atoms with Crippen LogP contribution in [0.5, 0.6) is 5.75 Å². The molecule has 0 radical (unpaired) electrons. The van der Waals surface area contributed by atoms with Gasteiger partial charge < -0.3 is 25.0 Å². The molecule has 0 fully saturated rings. The maximum Gasteiger partial charge on any atom is 0.410 e. The molecule has 0 bridgehead atoms. The van der Waals surface area contributed by atoms with E-state index in [2.05, 4.69) is 10.6 Å². The van der Waals surface area contributed by atoms with Gasteiger partial charge in [-0.3, -0.25) is 4.79 Å². The Bertz CT molecular complexity index is 1200. The lowest BCUT2D eigenvalue weighted by Gasteiger charge is -2.28. The molecule has 2 aromatic heterocycles. The quantitative estimate of drug-likeness (QED) is 0.422. The van der Waals surface area contributed by atoms with Gasteiger partial charge in [-0.05, 0) is 48.1 Å². The molecule has 0 saturated carbocycles. The first-order chi connectivity index (χ1) is 16.0. The minimum absolute atomic E-state index is 0.135. The molecule has 0 saturated heterocycles. The zero-order chi connectivity index (χ0) is 22.9. The summed E-state index contributed by atoms with van der Waals surface area (Å²) < 4.78 is 10.5. The van der Waals surface area contributed by atoms with Crippen molar-refractivity contribution in [3.63, 3.8) is 0 Å². The van der Waals surface area contributed by atoms with Gasteiger partial charge in [0, 0.05) is 11.4 Å². The number of nitrogens with zero attached hydrogens (tertiary/aromatic N) is 1. The van der Waals surface area contributed by atoms with E-state index < -0.39 is 12.1 Å². The minimum Gasteiger partial charge on any atom is -0.450 e. The van der Waals surface area contributed by atoms with E-state index in [9.17, 15) is 14.4 Å². The maximum atomic E-state index is 12.9. The lowest BCUT2D eigenvalue weighted by atomic mass is 10.0. The molecule has 2 aliphatic rings. The predicted molar refractivity (Wildman–Crippen MR) is 125 cm³/mol. The van der Waals surface area contributed by atoms with Gasteiger partial charge in [-0.1, -0.05) is 18.2 Å². The lowest BCUT2D eigenvalue weighted by Crippen LogP contribution is -2.39. The molecule has 33 heavy (non-hydrogen) atoms. The number of ether oxygens (including phenoxy) is 2. The molecule has 5 rings (SSSR count). The molecule has 4 heterocycles. The van der Waals surface area contributed by atoms with Gasteiger partial charge in [-0.15, -0.1) is 22.7 Å². The first-order valence-electron chi connectivity index (χ1n) is 10.5. The van der Waals surface area contributed by atoms with Crippen LogP contribution in [0.4, 0.5) is 9.80 Å². The van der Waals surface area contributed by atoms with Gasteiger partial charge in [0.25, 0.3) is 5.91 Å². The summed E-state index contributed by atoms with van der Waals surface area (Å²) in [5, 5.41) is 9.03. The summed E-state index contributed by atoms with van der Waals surface area (Å²) in [6, 6.07) is 10.6. The molecule has 2 N–H and O–H groups in total. The highest BCUT2D eigenvalue weighted by molar-refractivity contribution is 7.16. The molecule has 2 aliphatic heterocycles. The summed E-state index contributed by atoms with van der Waals surface area (Å²) in [5.41, 5.74) is 2.50. The van der Waals surface area contributed by atoms with E-state index in [0.29, 0.717) is 42.3 Å². The van der Waals surface area contributed by atoms with Gasteiger partial charge in [-0.25, -0.2) is 9.59 Å². The fourth-order valence-corrected chi connectivity index (χ4v) is 5.82. The molecule has 1 atom stereocenters. The van der Waals surface area contributed by atoms with Crippen molar-refractivity contribution < 1.29 is 23.9 Å². The van der Waals surface area contributed by atoms with Crippen molar-refractivity contribution in [3.8, 4) is 5.75 Å². The third-order valence-electron chi connectivity index (χ3n) is 5.51. The van der Waals surface area contributed by atoms with Crippen LogP contribution in [-0.2, 0) is 17.7 Å². The summed E-state index contributed by atoms with van der Waals surface area (Å²) in [5.74, 6) is -0.0952. The highest BCUT2D eigenvalue weighted by Crippen LogP contribution is 2.41. The smallest absolute Gasteiger partial charge is 0.410 e. The Morgan fingerprint density at radius 1 is 1.18 bits per heavy atom. The molecule has 3 aromatic rings. The largest absolute Gasteiger partial charge is 0.450 e. The van der Waals surface area contributed by atoms with Crippen LogP contribution in [0.15, 0.2) is 41.8 Å². The van der Waals surface area contributed by atoms with Gasteiger partial charge in [0.1, 0.15) is 21.8 Å². The van der Waals surface area contributed by atoms with Crippen LogP contribution < -0.4 is 15.4 Å². The van der Waals surface area contributed by atoms with Crippen LogP contribution in [0, 0.1) is 0 Å². The Hall–Kier alpha value is -3.37. The summed E-state index contributed by atoms with van der Waals surface area (Å²) in [6.07, 6.45) is -0.123. The normalized spacial score (nSPS) is 16.8. The zero-order valence-corrected chi connectivity index (χ0v) is 19.4. The van der Waals surface area contributed by atoms with Crippen LogP contribution in [0.3, 0.4) is 0 Å². The number of thiophene rings is 2. The Morgan fingerprint density at radius 2 is 2.00 bits per heavy atom. The Morgan fingerprint density at radius 3 is 2.73 bits per heavy atom. The van der Waals surface area contributed by atoms with E-state index in [4.69, 9.17) is 9.47 Å². The molecule has 170 valence electrons. The molecular weight excluding hydrogens is 462 g/mol. The number of carbonyl (C=O) groups excluding carboxylic acids is 3. The molecule has 2 amide bonds. The SMILES string of the molecule is CCOC(=O)N1CCc2c(sc3c2C(=O)N[C@@H](c2ccc(OC(=O)c4cccs4)cc2)N3)C1. The first kappa shape index (κ1) is 21.5. The van der Waals surface area contributed by atoms with Crippen LogP contribution in [0.2, 0.25) is 0 Å². The van der Waals surface area contributed by atoms with E-state index in [1.54, 1.807) is 36.1 Å². The lowest BCUT2D eigenvalue weighted by molar-refractivity contribution is 0.0739. The topological polar surface area (TPSA) is 97.0 Å². The number of benzene rings is 1. The highest BCUT2D eigenvalue weighted by Gasteiger charge is 2.34. The number of nitrogens with one attached hydrogen (secondary N) is 2. The second-order valence-electron chi connectivity index (χ2n) is 7.57. The molecule has 8 nitrogen and oxygen atoms in total. The summed E-state index contributed by atoms with van der Waals surface area (Å²) in [4.78, 5) is 40.4. The van der Waals surface area contributed by atoms with Crippen molar-refractivity contribution in [1.29, 1.82) is 0 Å². The van der Waals surface area contributed by atoms with Gasteiger partial charge in [0.15, 0.2) is 0 Å². The number of esters is 1. The predicted octanol–water partition coefficient (Wildman–Crippen LogP) is 4.40. The standard InChI is InChI=1S/C23H21N3O5S2/c1-2-30-23(29)26-10-9-15-17(12-26)33-21-18(15)20(27)24-19(25-21)13-5-7-14(8-6-13)31-22(28)16-4-3-11-32-16/h3-8,11,19,25H,2,9-10,12H2,1H3,(H,24,27)/t19-/m1/s1. The van der Waals surface area contributed by atoms with E-state index in [0.717, 1.165) is 21.0 Å². The average molecular weight is 484 g/mol. The highest BCUT2D eigenvalue weighted by atomic mass is 32.1. The minimum atomic E-state index is -0.409. The maximum absolute atomic E-state index is 12.9. The van der Waals surface area contributed by atoms with Gasteiger partial charge >= 0.3 is 12.1 Å². The molecule has 0 aliphatic carbocycles. The van der Waals surface area contributed by atoms with Crippen LogP contribution in [0.1, 0.15) is 49.1 Å². The number of anilines is 1. The van der Waals surface area contributed by atoms with Gasteiger partial charge in [0.2, 0.25) is 0 Å². The number of hydrogen-bond donors (Lipinski definition) is 2. The van der Waals surface area contributed by atoms with Crippen molar-refractivity contribution in [2.24, 2.45) is 0 Å². The monoisotopic (exact) mass is 483 g/mol. The van der Waals surface area contributed by atoms with E-state index in [-0.39, 0.29) is 12.0 Å². The number of hydrogen-bond acceptors (Lipinski definition) is 8. The fourth-order valence-electron chi connectivity index (χ4n) is 3.93. The summed E-state index contributed by atoms with van der Waals surface area (Å²) in [6.45, 7) is 3.08. The fraction of sp³-hybridized carbons (Fsp3) is 0.261. The zero-order valence-electron chi connectivity index (χ0n) is 17.8. The van der Waals surface area contributed by atoms with E-state index >= 15 is 0 Å². The van der Waals surface area contributed by atoms with Gasteiger partial charge in [-0.2, -0.15) is 0 Å². The van der Waals surface area contributed by atoms with E-state index in [1.165, 1.54) is 22.7 Å². The average Bonchev–Trinajstić information content (AvgIpc) is 3.47. The van der Waals surface area contributed by atoms with Gasteiger partial charge in [0.05, 0.1) is 18.7 Å². The number of rotatable bonds is 4. The Kier molecular flexibility index (Phi) is 5.77. The number of amides is 2. The van der Waals surface area contributed by atoms with Crippen molar-refractivity contribution in [2.75, 3.05) is 18.5 Å². The molecule has 10 heteroatoms. The third-order valence-corrected chi connectivity index (χ3v) is 7.51. The molecular formula is C23H21N3O5S2. The first-order valence-corrected chi connectivity index (χ1v) is 12.2. The molecule has 1 aromatic carbocycles.